The Kier molecular flexibility index (Phi) is 8.97. The highest BCUT2D eigenvalue weighted by atomic mass is 32.2. The number of ether oxygens (including phenoxy) is 1. The van der Waals surface area contributed by atoms with Crippen LogP contribution in [-0.4, -0.2) is 34.8 Å². The highest BCUT2D eigenvalue weighted by molar-refractivity contribution is 7.99. The zero-order chi connectivity index (χ0) is 17.2. The van der Waals surface area contributed by atoms with Gasteiger partial charge in [0.05, 0.1) is 12.2 Å². The predicted octanol–water partition coefficient (Wildman–Crippen LogP) is 5.07. The molecule has 2 aliphatic heterocycles. The second kappa shape index (κ2) is 11.0. The van der Waals surface area contributed by atoms with E-state index in [4.69, 9.17) is 9.84 Å². The summed E-state index contributed by atoms with van der Waals surface area (Å²) in [6, 6.07) is 0. The first kappa shape index (κ1) is 19.6. The Morgan fingerprint density at radius 2 is 1.88 bits per heavy atom. The third-order valence-corrected chi connectivity index (χ3v) is 6.12. The highest BCUT2D eigenvalue weighted by Crippen LogP contribution is 2.46. The number of hydrogen-bond donors (Lipinski definition) is 1. The fourth-order valence-electron chi connectivity index (χ4n) is 3.80. The van der Waals surface area contributed by atoms with Crippen molar-refractivity contribution >= 4 is 17.7 Å². The molecule has 0 radical (unpaired) electrons. The van der Waals surface area contributed by atoms with Crippen molar-refractivity contribution in [2.45, 2.75) is 70.5 Å². The largest absolute Gasteiger partial charge is 0.481 e. The van der Waals surface area contributed by atoms with Gasteiger partial charge in [0, 0.05) is 12.2 Å². The molecule has 0 saturated carbocycles. The predicted molar refractivity (Wildman–Crippen MR) is 101 cm³/mol. The van der Waals surface area contributed by atoms with Crippen molar-refractivity contribution in [3.63, 3.8) is 0 Å². The first-order valence-electron chi connectivity index (χ1n) is 9.47. The Hall–Kier alpha value is -0.740. The van der Waals surface area contributed by atoms with Crippen LogP contribution in [-0.2, 0) is 9.53 Å². The SMILES string of the molecule is CCC/C=C\CSC[C@H]1[C@@H](C/C=C\CCCC(=O)O)[C@H]2CC[C@@H]1O2. The van der Waals surface area contributed by atoms with E-state index in [1.54, 1.807) is 0 Å². The van der Waals surface area contributed by atoms with Crippen molar-refractivity contribution in [1.29, 1.82) is 0 Å². The minimum absolute atomic E-state index is 0.270. The molecule has 0 spiro atoms. The van der Waals surface area contributed by atoms with Crippen molar-refractivity contribution in [2.24, 2.45) is 11.8 Å². The van der Waals surface area contributed by atoms with Crippen LogP contribution in [0.4, 0.5) is 0 Å². The molecule has 0 aromatic heterocycles. The summed E-state index contributed by atoms with van der Waals surface area (Å²) >= 11 is 2.04. The van der Waals surface area contributed by atoms with Crippen LogP contribution in [0.5, 0.6) is 0 Å². The molecule has 4 atom stereocenters. The Balaban J connectivity index is 1.69. The third-order valence-electron chi connectivity index (χ3n) is 5.07. The first-order valence-corrected chi connectivity index (χ1v) is 10.6. The minimum atomic E-state index is -0.699. The molecule has 2 rings (SSSR count). The molecule has 1 N–H and O–H groups in total. The Morgan fingerprint density at radius 3 is 2.62 bits per heavy atom. The lowest BCUT2D eigenvalue weighted by Gasteiger charge is -2.26. The van der Waals surface area contributed by atoms with Gasteiger partial charge in [-0.05, 0) is 56.1 Å². The topological polar surface area (TPSA) is 46.5 Å². The maximum atomic E-state index is 10.5. The van der Waals surface area contributed by atoms with E-state index in [1.165, 1.54) is 31.4 Å². The molecule has 0 amide bonds. The van der Waals surface area contributed by atoms with E-state index in [-0.39, 0.29) is 6.42 Å². The molecule has 2 fully saturated rings. The normalized spacial score (nSPS) is 29.2. The minimum Gasteiger partial charge on any atom is -0.481 e. The summed E-state index contributed by atoms with van der Waals surface area (Å²) in [6.45, 7) is 2.21. The number of allylic oxidation sites excluding steroid dienone is 3. The van der Waals surface area contributed by atoms with Crippen LogP contribution in [0, 0.1) is 11.8 Å². The monoisotopic (exact) mass is 352 g/mol. The Bertz CT molecular complexity index is 433. The number of unbranched alkanes of at least 4 members (excludes halogenated alkanes) is 2. The lowest BCUT2D eigenvalue weighted by atomic mass is 9.78. The summed E-state index contributed by atoms with van der Waals surface area (Å²) in [7, 11) is 0. The molecule has 0 aromatic rings. The van der Waals surface area contributed by atoms with E-state index in [0.29, 0.717) is 24.0 Å². The molecule has 2 heterocycles. The van der Waals surface area contributed by atoms with Crippen molar-refractivity contribution < 1.29 is 14.6 Å². The molecule has 0 aliphatic carbocycles. The second-order valence-corrected chi connectivity index (χ2v) is 7.98. The van der Waals surface area contributed by atoms with E-state index in [0.717, 1.165) is 25.0 Å². The van der Waals surface area contributed by atoms with E-state index >= 15 is 0 Å². The molecule has 3 nitrogen and oxygen atoms in total. The van der Waals surface area contributed by atoms with Gasteiger partial charge < -0.3 is 9.84 Å². The number of fused-ring (bicyclic) bond motifs is 2. The molecule has 0 aromatic carbocycles. The fourth-order valence-corrected chi connectivity index (χ4v) is 4.94. The van der Waals surface area contributed by atoms with Gasteiger partial charge >= 0.3 is 5.97 Å². The number of aliphatic carboxylic acids is 1. The van der Waals surface area contributed by atoms with Gasteiger partial charge in [0.15, 0.2) is 0 Å². The summed E-state index contributed by atoms with van der Waals surface area (Å²) in [4.78, 5) is 10.5. The van der Waals surface area contributed by atoms with Crippen LogP contribution in [0.2, 0.25) is 0 Å². The fraction of sp³-hybridized carbons (Fsp3) is 0.750. The highest BCUT2D eigenvalue weighted by Gasteiger charge is 2.47. The van der Waals surface area contributed by atoms with Crippen LogP contribution in [0.15, 0.2) is 24.3 Å². The Morgan fingerprint density at radius 1 is 1.12 bits per heavy atom. The van der Waals surface area contributed by atoms with Crippen molar-refractivity contribution in [3.8, 4) is 0 Å². The van der Waals surface area contributed by atoms with Crippen molar-refractivity contribution in [2.75, 3.05) is 11.5 Å². The quantitative estimate of drug-likeness (QED) is 0.393. The molecule has 136 valence electrons. The van der Waals surface area contributed by atoms with Gasteiger partial charge in [-0.2, -0.15) is 11.8 Å². The van der Waals surface area contributed by atoms with Crippen LogP contribution < -0.4 is 0 Å². The van der Waals surface area contributed by atoms with Gasteiger partial charge in [0.25, 0.3) is 0 Å². The van der Waals surface area contributed by atoms with E-state index in [2.05, 4.69) is 31.2 Å². The van der Waals surface area contributed by atoms with Gasteiger partial charge in [-0.3, -0.25) is 4.79 Å². The standard InChI is InChI=1S/C20H32O3S/c1-2-3-4-9-14-24-15-17-16(18-12-13-19(17)23-18)10-7-5-6-8-11-20(21)22/h4-5,7,9,16-19H,2-3,6,8,10-15H2,1H3,(H,21,22)/b7-5-,9-4-/t16-,17+,18-,19+/m1/s1. The van der Waals surface area contributed by atoms with Crippen LogP contribution in [0.3, 0.4) is 0 Å². The number of carboxylic acids is 1. The molecule has 2 saturated heterocycles. The number of hydrogen-bond acceptors (Lipinski definition) is 3. The van der Waals surface area contributed by atoms with Gasteiger partial charge in [-0.15, -0.1) is 0 Å². The average Bonchev–Trinajstić information content (AvgIpc) is 3.15. The molecule has 2 aliphatic rings. The van der Waals surface area contributed by atoms with E-state index < -0.39 is 5.97 Å². The molecule has 2 bridgehead atoms. The maximum absolute atomic E-state index is 10.5. The first-order chi connectivity index (χ1) is 11.7. The van der Waals surface area contributed by atoms with E-state index in [9.17, 15) is 4.79 Å². The smallest absolute Gasteiger partial charge is 0.303 e. The van der Waals surface area contributed by atoms with Crippen molar-refractivity contribution in [3.05, 3.63) is 24.3 Å². The second-order valence-electron chi connectivity index (χ2n) is 6.91. The molecule has 24 heavy (non-hydrogen) atoms. The van der Waals surface area contributed by atoms with Crippen LogP contribution in [0.1, 0.15) is 58.3 Å². The van der Waals surface area contributed by atoms with Crippen LogP contribution in [0.25, 0.3) is 0 Å². The molecule has 0 unspecified atom stereocenters. The lowest BCUT2D eigenvalue weighted by molar-refractivity contribution is -0.137. The zero-order valence-corrected chi connectivity index (χ0v) is 15.7. The maximum Gasteiger partial charge on any atom is 0.303 e. The van der Waals surface area contributed by atoms with Crippen molar-refractivity contribution in [1.82, 2.24) is 0 Å². The summed E-state index contributed by atoms with van der Waals surface area (Å²) in [6.07, 6.45) is 17.8. The average molecular weight is 353 g/mol. The zero-order valence-electron chi connectivity index (χ0n) is 14.9. The summed E-state index contributed by atoms with van der Waals surface area (Å²) in [5.74, 6) is 2.97. The molecular formula is C20H32O3S. The number of thioether (sulfide) groups is 1. The summed E-state index contributed by atoms with van der Waals surface area (Å²) < 4.78 is 6.16. The van der Waals surface area contributed by atoms with Gasteiger partial charge in [-0.25, -0.2) is 0 Å². The number of carbonyl (C=O) groups is 1. The van der Waals surface area contributed by atoms with Gasteiger partial charge in [0.2, 0.25) is 0 Å². The van der Waals surface area contributed by atoms with Gasteiger partial charge in [0.1, 0.15) is 0 Å². The number of rotatable bonds is 12. The van der Waals surface area contributed by atoms with Gasteiger partial charge in [-0.1, -0.05) is 37.6 Å². The molecular weight excluding hydrogens is 320 g/mol. The number of carboxylic acid groups (broad SMARTS) is 1. The summed E-state index contributed by atoms with van der Waals surface area (Å²) in [5, 5.41) is 8.65. The summed E-state index contributed by atoms with van der Waals surface area (Å²) in [5.41, 5.74) is 0. The molecule has 4 heteroatoms. The van der Waals surface area contributed by atoms with Crippen LogP contribution >= 0.6 is 11.8 Å². The lowest BCUT2D eigenvalue weighted by Crippen LogP contribution is -2.28. The Labute approximate surface area is 150 Å². The van der Waals surface area contributed by atoms with E-state index in [1.807, 2.05) is 11.8 Å². The third kappa shape index (κ3) is 6.29.